The molecule has 0 aliphatic carbocycles. The minimum absolute atomic E-state index is 0.881. The van der Waals surface area contributed by atoms with Crippen molar-refractivity contribution in [3.05, 3.63) is 176 Å². The second-order valence-electron chi connectivity index (χ2n) is 13.3. The molecule has 0 saturated heterocycles. The van der Waals surface area contributed by atoms with Crippen LogP contribution in [0.5, 0.6) is 0 Å². The largest absolute Gasteiger partial charge is 0.456 e. The van der Waals surface area contributed by atoms with Gasteiger partial charge in [0.1, 0.15) is 11.2 Å². The second-order valence-corrected chi connectivity index (χ2v) is 15.4. The van der Waals surface area contributed by atoms with E-state index in [9.17, 15) is 0 Å². The Hall–Kier alpha value is -6.20. The maximum Gasteiger partial charge on any atom is 0.137 e. The first-order chi connectivity index (χ1) is 25.8. The highest BCUT2D eigenvalue weighted by Crippen LogP contribution is 2.50. The van der Waals surface area contributed by atoms with Gasteiger partial charge < -0.3 is 9.32 Å². The molecular formula is C48H29NOS2. The van der Waals surface area contributed by atoms with Gasteiger partial charge in [0.2, 0.25) is 0 Å². The fourth-order valence-corrected chi connectivity index (χ4v) is 10.2. The number of fused-ring (bicyclic) bond motifs is 9. The molecule has 11 rings (SSSR count). The van der Waals surface area contributed by atoms with Crippen molar-refractivity contribution in [3.63, 3.8) is 0 Å². The van der Waals surface area contributed by atoms with Crippen LogP contribution in [0, 0.1) is 0 Å². The molecule has 0 unspecified atom stereocenters. The molecule has 0 fully saturated rings. The van der Waals surface area contributed by atoms with Crippen LogP contribution in [-0.2, 0) is 0 Å². The zero-order chi connectivity index (χ0) is 34.2. The van der Waals surface area contributed by atoms with E-state index < -0.39 is 0 Å². The predicted molar refractivity (Wildman–Crippen MR) is 225 cm³/mol. The Morgan fingerprint density at radius 3 is 1.92 bits per heavy atom. The lowest BCUT2D eigenvalue weighted by molar-refractivity contribution is 0.669. The molecule has 11 aromatic rings. The molecule has 0 saturated carbocycles. The van der Waals surface area contributed by atoms with Gasteiger partial charge in [-0.2, -0.15) is 0 Å². The number of benzene rings is 8. The lowest BCUT2D eigenvalue weighted by Crippen LogP contribution is -2.10. The summed E-state index contributed by atoms with van der Waals surface area (Å²) in [7, 11) is 0. The molecule has 3 heterocycles. The average Bonchev–Trinajstić information content (AvgIpc) is 3.89. The molecule has 0 aliphatic heterocycles. The number of hydrogen-bond acceptors (Lipinski definition) is 4. The SMILES string of the molecule is c1ccc(-c2ccc3c(c2)sc2ccc(N(c4ccc5c(c4)oc4ccccc45)c4ccc(-c5ccccc5)c5sc6ccccc6c45)cc23)cc1. The Labute approximate surface area is 308 Å². The summed E-state index contributed by atoms with van der Waals surface area (Å²) in [6.45, 7) is 0. The summed E-state index contributed by atoms with van der Waals surface area (Å²) < 4.78 is 11.6. The normalized spacial score (nSPS) is 11.8. The Bertz CT molecular complexity index is 3130. The van der Waals surface area contributed by atoms with Crippen molar-refractivity contribution in [3.8, 4) is 22.3 Å². The fraction of sp³-hybridized carbons (Fsp3) is 0. The Balaban J connectivity index is 1.17. The molecule has 0 atom stereocenters. The summed E-state index contributed by atoms with van der Waals surface area (Å²) in [5, 5.41) is 7.32. The first-order valence-electron chi connectivity index (χ1n) is 17.5. The monoisotopic (exact) mass is 699 g/mol. The zero-order valence-electron chi connectivity index (χ0n) is 27.9. The lowest BCUT2D eigenvalue weighted by atomic mass is 10.00. The molecule has 4 heteroatoms. The van der Waals surface area contributed by atoms with Crippen LogP contribution in [0.4, 0.5) is 17.1 Å². The van der Waals surface area contributed by atoms with Gasteiger partial charge in [0, 0.05) is 68.6 Å². The zero-order valence-corrected chi connectivity index (χ0v) is 29.5. The number of anilines is 3. The third-order valence-electron chi connectivity index (χ3n) is 10.3. The van der Waals surface area contributed by atoms with E-state index in [0.29, 0.717) is 0 Å². The first kappa shape index (κ1) is 29.5. The highest BCUT2D eigenvalue weighted by atomic mass is 32.1. The van der Waals surface area contributed by atoms with Gasteiger partial charge in [0.05, 0.1) is 5.69 Å². The van der Waals surface area contributed by atoms with E-state index in [-0.39, 0.29) is 0 Å². The van der Waals surface area contributed by atoms with Crippen LogP contribution < -0.4 is 4.90 Å². The summed E-state index contributed by atoms with van der Waals surface area (Å²) in [5.41, 5.74) is 10.1. The van der Waals surface area contributed by atoms with E-state index in [0.717, 1.165) is 39.0 Å². The summed E-state index contributed by atoms with van der Waals surface area (Å²) >= 11 is 3.73. The standard InChI is InChI=1S/C48H29NOS2/c1-3-11-30(12-4-1)32-19-22-38-40-28-33(21-26-45(40)51-46(38)27-32)49(34-20-23-37-36-15-7-9-17-42(36)50-43(37)29-34)41-25-24-35(31-13-5-2-6-14-31)48-47(41)39-16-8-10-18-44(39)52-48/h1-29H. The summed E-state index contributed by atoms with van der Waals surface area (Å²) in [5.74, 6) is 0. The summed E-state index contributed by atoms with van der Waals surface area (Å²) in [6, 6.07) is 63.7. The second kappa shape index (κ2) is 11.7. The molecule has 0 amide bonds. The van der Waals surface area contributed by atoms with Crippen molar-refractivity contribution in [2.75, 3.05) is 4.90 Å². The summed E-state index contributed by atoms with van der Waals surface area (Å²) in [4.78, 5) is 2.43. The van der Waals surface area contributed by atoms with Gasteiger partial charge in [0.15, 0.2) is 0 Å². The Morgan fingerprint density at radius 1 is 0.385 bits per heavy atom. The number of thiophene rings is 2. The molecular weight excluding hydrogens is 671 g/mol. The minimum atomic E-state index is 0.881. The van der Waals surface area contributed by atoms with Crippen LogP contribution in [0.25, 0.3) is 84.5 Å². The lowest BCUT2D eigenvalue weighted by Gasteiger charge is -2.27. The molecule has 52 heavy (non-hydrogen) atoms. The highest BCUT2D eigenvalue weighted by Gasteiger charge is 2.23. The van der Waals surface area contributed by atoms with Crippen LogP contribution in [0.1, 0.15) is 0 Å². The molecule has 244 valence electrons. The van der Waals surface area contributed by atoms with Gasteiger partial charge in [-0.3, -0.25) is 0 Å². The molecule has 0 aliphatic rings. The van der Waals surface area contributed by atoms with Crippen LogP contribution in [0.2, 0.25) is 0 Å². The molecule has 0 radical (unpaired) electrons. The number of rotatable bonds is 5. The van der Waals surface area contributed by atoms with E-state index in [2.05, 4.69) is 175 Å². The Kier molecular flexibility index (Phi) is 6.63. The number of para-hydroxylation sites is 1. The number of furan rings is 1. The first-order valence-corrected chi connectivity index (χ1v) is 19.1. The molecule has 3 aromatic heterocycles. The van der Waals surface area contributed by atoms with E-state index in [1.165, 1.54) is 62.6 Å². The van der Waals surface area contributed by atoms with E-state index in [1.807, 2.05) is 28.7 Å². The van der Waals surface area contributed by atoms with Gasteiger partial charge >= 0.3 is 0 Å². The highest BCUT2D eigenvalue weighted by molar-refractivity contribution is 7.26. The van der Waals surface area contributed by atoms with Crippen LogP contribution in [-0.4, -0.2) is 0 Å². The van der Waals surface area contributed by atoms with Crippen molar-refractivity contribution in [1.82, 2.24) is 0 Å². The number of hydrogen-bond donors (Lipinski definition) is 0. The topological polar surface area (TPSA) is 16.4 Å². The van der Waals surface area contributed by atoms with Crippen molar-refractivity contribution in [1.29, 1.82) is 0 Å². The van der Waals surface area contributed by atoms with Crippen LogP contribution in [0.3, 0.4) is 0 Å². The molecule has 0 spiro atoms. The maximum atomic E-state index is 6.47. The smallest absolute Gasteiger partial charge is 0.137 e. The third kappa shape index (κ3) is 4.62. The average molecular weight is 700 g/mol. The van der Waals surface area contributed by atoms with Gasteiger partial charge in [-0.15, -0.1) is 22.7 Å². The van der Waals surface area contributed by atoms with Gasteiger partial charge in [-0.1, -0.05) is 115 Å². The van der Waals surface area contributed by atoms with E-state index in [4.69, 9.17) is 4.42 Å². The predicted octanol–water partition coefficient (Wildman–Crippen LogP) is 15.1. The fourth-order valence-electron chi connectivity index (χ4n) is 7.84. The van der Waals surface area contributed by atoms with Crippen LogP contribution in [0.15, 0.2) is 180 Å². The van der Waals surface area contributed by atoms with E-state index >= 15 is 0 Å². The molecule has 0 N–H and O–H groups in total. The Morgan fingerprint density at radius 2 is 1.06 bits per heavy atom. The van der Waals surface area contributed by atoms with Crippen molar-refractivity contribution in [2.45, 2.75) is 0 Å². The van der Waals surface area contributed by atoms with Crippen LogP contribution >= 0.6 is 22.7 Å². The maximum absolute atomic E-state index is 6.47. The van der Waals surface area contributed by atoms with Gasteiger partial charge in [-0.05, 0) is 76.9 Å². The third-order valence-corrected chi connectivity index (χ3v) is 12.6. The van der Waals surface area contributed by atoms with E-state index in [1.54, 1.807) is 0 Å². The summed E-state index contributed by atoms with van der Waals surface area (Å²) in [6.07, 6.45) is 0. The van der Waals surface area contributed by atoms with Gasteiger partial charge in [0.25, 0.3) is 0 Å². The number of nitrogens with zero attached hydrogens (tertiary/aromatic N) is 1. The van der Waals surface area contributed by atoms with Crippen molar-refractivity contribution in [2.24, 2.45) is 0 Å². The molecule has 0 bridgehead atoms. The van der Waals surface area contributed by atoms with Crippen molar-refractivity contribution >= 4 is 102 Å². The van der Waals surface area contributed by atoms with Gasteiger partial charge in [-0.25, -0.2) is 0 Å². The minimum Gasteiger partial charge on any atom is -0.456 e. The van der Waals surface area contributed by atoms with Crippen molar-refractivity contribution < 1.29 is 4.42 Å². The quantitative estimate of drug-likeness (QED) is 0.178. The molecule has 8 aromatic carbocycles. The molecule has 2 nitrogen and oxygen atoms in total.